The monoisotopic (exact) mass is 283 g/mol. The number of benzene rings is 1. The van der Waals surface area contributed by atoms with Gasteiger partial charge in [-0.1, -0.05) is 32.0 Å². The molecule has 1 aliphatic rings. The predicted molar refractivity (Wildman–Crippen MR) is 89.7 cm³/mol. The molecule has 3 nitrogen and oxygen atoms in total. The van der Waals surface area contributed by atoms with E-state index in [1.54, 1.807) is 0 Å². The SMILES string of the molecule is CNCc1cc(N2CC(C)CC(C)C2)c2ccccc2n1. The summed E-state index contributed by atoms with van der Waals surface area (Å²) in [6, 6.07) is 10.8. The number of nitrogens with one attached hydrogen (secondary N) is 1. The van der Waals surface area contributed by atoms with Crippen molar-refractivity contribution in [1.82, 2.24) is 10.3 Å². The van der Waals surface area contributed by atoms with Crippen LogP contribution < -0.4 is 10.2 Å². The Kier molecular flexibility index (Phi) is 4.11. The number of aromatic nitrogens is 1. The van der Waals surface area contributed by atoms with E-state index >= 15 is 0 Å². The fourth-order valence-electron chi connectivity index (χ4n) is 3.60. The van der Waals surface area contributed by atoms with Gasteiger partial charge in [-0.2, -0.15) is 0 Å². The van der Waals surface area contributed by atoms with Crippen LogP contribution in [0.25, 0.3) is 10.9 Å². The molecule has 2 atom stereocenters. The summed E-state index contributed by atoms with van der Waals surface area (Å²) in [7, 11) is 1.97. The molecule has 1 aliphatic heterocycles. The highest BCUT2D eigenvalue weighted by atomic mass is 15.1. The third-order valence-corrected chi connectivity index (χ3v) is 4.31. The first-order chi connectivity index (χ1) is 10.2. The minimum Gasteiger partial charge on any atom is -0.370 e. The second-order valence-electron chi connectivity index (χ2n) is 6.53. The number of rotatable bonds is 3. The van der Waals surface area contributed by atoms with Crippen LogP contribution in [-0.2, 0) is 6.54 Å². The van der Waals surface area contributed by atoms with E-state index in [4.69, 9.17) is 4.98 Å². The number of fused-ring (bicyclic) bond motifs is 1. The largest absolute Gasteiger partial charge is 0.370 e. The fraction of sp³-hybridized carbons (Fsp3) is 0.500. The smallest absolute Gasteiger partial charge is 0.0726 e. The molecular weight excluding hydrogens is 258 g/mol. The number of anilines is 1. The normalized spacial score (nSPS) is 22.7. The Bertz CT molecular complexity index is 613. The summed E-state index contributed by atoms with van der Waals surface area (Å²) in [5, 5.41) is 4.49. The summed E-state index contributed by atoms with van der Waals surface area (Å²) in [6.07, 6.45) is 1.34. The van der Waals surface area contributed by atoms with E-state index in [0.29, 0.717) is 0 Å². The second-order valence-corrected chi connectivity index (χ2v) is 6.53. The van der Waals surface area contributed by atoms with Crippen LogP contribution in [0.1, 0.15) is 26.0 Å². The molecule has 1 N–H and O–H groups in total. The number of nitrogens with zero attached hydrogens (tertiary/aromatic N) is 2. The Hall–Kier alpha value is -1.61. The van der Waals surface area contributed by atoms with Crippen LogP contribution in [0.3, 0.4) is 0 Å². The summed E-state index contributed by atoms with van der Waals surface area (Å²) in [6.45, 7) is 7.84. The highest BCUT2D eigenvalue weighted by Crippen LogP contribution is 2.32. The molecule has 0 amide bonds. The zero-order chi connectivity index (χ0) is 14.8. The molecular formula is C18H25N3. The summed E-state index contributed by atoms with van der Waals surface area (Å²) in [4.78, 5) is 7.33. The Morgan fingerprint density at radius 3 is 2.62 bits per heavy atom. The molecule has 1 fully saturated rings. The van der Waals surface area contributed by atoms with Crippen LogP contribution in [0.5, 0.6) is 0 Å². The van der Waals surface area contributed by atoms with Gasteiger partial charge >= 0.3 is 0 Å². The first-order valence-electron chi connectivity index (χ1n) is 7.95. The molecule has 0 bridgehead atoms. The van der Waals surface area contributed by atoms with Gasteiger partial charge in [0.05, 0.1) is 11.2 Å². The maximum absolute atomic E-state index is 4.77. The molecule has 0 saturated carbocycles. The van der Waals surface area contributed by atoms with Gasteiger partial charge < -0.3 is 10.2 Å². The molecule has 1 saturated heterocycles. The average Bonchev–Trinajstić information content (AvgIpc) is 2.46. The number of hydrogen-bond acceptors (Lipinski definition) is 3. The molecule has 0 radical (unpaired) electrons. The van der Waals surface area contributed by atoms with Crippen molar-refractivity contribution in [2.24, 2.45) is 11.8 Å². The molecule has 2 unspecified atom stereocenters. The Morgan fingerprint density at radius 1 is 1.19 bits per heavy atom. The number of para-hydroxylation sites is 1. The van der Waals surface area contributed by atoms with Crippen LogP contribution in [0.15, 0.2) is 30.3 Å². The lowest BCUT2D eigenvalue weighted by Crippen LogP contribution is -2.38. The topological polar surface area (TPSA) is 28.2 Å². The maximum Gasteiger partial charge on any atom is 0.0726 e. The van der Waals surface area contributed by atoms with Gasteiger partial charge in [0, 0.05) is 30.7 Å². The van der Waals surface area contributed by atoms with Crippen LogP contribution in [0.4, 0.5) is 5.69 Å². The molecule has 3 rings (SSSR count). The van der Waals surface area contributed by atoms with Crippen LogP contribution in [0.2, 0.25) is 0 Å². The predicted octanol–water partition coefficient (Wildman–Crippen LogP) is 3.44. The average molecular weight is 283 g/mol. The van der Waals surface area contributed by atoms with Gasteiger partial charge in [0.25, 0.3) is 0 Å². The van der Waals surface area contributed by atoms with E-state index in [1.807, 2.05) is 7.05 Å². The van der Waals surface area contributed by atoms with E-state index in [2.05, 4.69) is 54.4 Å². The van der Waals surface area contributed by atoms with E-state index < -0.39 is 0 Å². The molecule has 0 aliphatic carbocycles. The first kappa shape index (κ1) is 14.3. The van der Waals surface area contributed by atoms with Gasteiger partial charge in [-0.15, -0.1) is 0 Å². The van der Waals surface area contributed by atoms with E-state index in [-0.39, 0.29) is 0 Å². The van der Waals surface area contributed by atoms with Gasteiger partial charge in [-0.3, -0.25) is 4.98 Å². The molecule has 3 heteroatoms. The minimum atomic E-state index is 0.758. The van der Waals surface area contributed by atoms with E-state index in [9.17, 15) is 0 Å². The highest BCUT2D eigenvalue weighted by molar-refractivity contribution is 5.92. The lowest BCUT2D eigenvalue weighted by atomic mass is 9.91. The Labute approximate surface area is 127 Å². The van der Waals surface area contributed by atoms with Crippen molar-refractivity contribution in [3.05, 3.63) is 36.0 Å². The van der Waals surface area contributed by atoms with Gasteiger partial charge in [0.1, 0.15) is 0 Å². The van der Waals surface area contributed by atoms with E-state index in [1.165, 1.54) is 17.5 Å². The van der Waals surface area contributed by atoms with Gasteiger partial charge in [-0.05, 0) is 37.4 Å². The standard InChI is InChI=1S/C18H25N3/c1-13-8-14(2)12-21(11-13)18-9-15(10-19-3)20-17-7-5-4-6-16(17)18/h4-7,9,13-14,19H,8,10-12H2,1-3H3. The number of piperidine rings is 1. The lowest BCUT2D eigenvalue weighted by molar-refractivity contribution is 0.357. The van der Waals surface area contributed by atoms with Crippen LogP contribution in [0, 0.1) is 11.8 Å². The Morgan fingerprint density at radius 2 is 1.90 bits per heavy atom. The minimum absolute atomic E-state index is 0.758. The molecule has 112 valence electrons. The lowest BCUT2D eigenvalue weighted by Gasteiger charge is -2.37. The van der Waals surface area contributed by atoms with Crippen molar-refractivity contribution in [1.29, 1.82) is 0 Å². The number of hydrogen-bond donors (Lipinski definition) is 1. The van der Waals surface area contributed by atoms with Crippen molar-refractivity contribution in [3.63, 3.8) is 0 Å². The Balaban J connectivity index is 2.06. The van der Waals surface area contributed by atoms with Crippen molar-refractivity contribution in [2.75, 3.05) is 25.0 Å². The fourth-order valence-corrected chi connectivity index (χ4v) is 3.60. The zero-order valence-electron chi connectivity index (χ0n) is 13.3. The molecule has 2 heterocycles. The maximum atomic E-state index is 4.77. The van der Waals surface area contributed by atoms with Crippen LogP contribution >= 0.6 is 0 Å². The van der Waals surface area contributed by atoms with Gasteiger partial charge in [0.15, 0.2) is 0 Å². The molecule has 0 spiro atoms. The third kappa shape index (κ3) is 3.03. The van der Waals surface area contributed by atoms with Crippen LogP contribution in [-0.4, -0.2) is 25.1 Å². The van der Waals surface area contributed by atoms with Crippen molar-refractivity contribution >= 4 is 16.6 Å². The van der Waals surface area contributed by atoms with Crippen molar-refractivity contribution in [2.45, 2.75) is 26.8 Å². The van der Waals surface area contributed by atoms with Crippen molar-refractivity contribution < 1.29 is 0 Å². The third-order valence-electron chi connectivity index (χ3n) is 4.31. The second kappa shape index (κ2) is 6.02. The summed E-state index contributed by atoms with van der Waals surface area (Å²) in [5.74, 6) is 1.52. The summed E-state index contributed by atoms with van der Waals surface area (Å²) >= 11 is 0. The first-order valence-corrected chi connectivity index (χ1v) is 7.95. The quantitative estimate of drug-likeness (QED) is 0.935. The molecule has 1 aromatic carbocycles. The number of pyridine rings is 1. The van der Waals surface area contributed by atoms with Crippen molar-refractivity contribution in [3.8, 4) is 0 Å². The summed E-state index contributed by atoms with van der Waals surface area (Å²) < 4.78 is 0. The van der Waals surface area contributed by atoms with Gasteiger partial charge in [-0.25, -0.2) is 0 Å². The summed E-state index contributed by atoms with van der Waals surface area (Å²) in [5.41, 5.74) is 3.58. The molecule has 21 heavy (non-hydrogen) atoms. The van der Waals surface area contributed by atoms with E-state index in [0.717, 1.165) is 42.7 Å². The van der Waals surface area contributed by atoms with Gasteiger partial charge in [0.2, 0.25) is 0 Å². The molecule has 2 aromatic rings. The zero-order valence-corrected chi connectivity index (χ0v) is 13.3. The molecule has 1 aromatic heterocycles. The highest BCUT2D eigenvalue weighted by Gasteiger charge is 2.23.